The van der Waals surface area contributed by atoms with E-state index >= 15 is 0 Å². The third-order valence-electron chi connectivity index (χ3n) is 1.64. The molecule has 0 saturated heterocycles. The van der Waals surface area contributed by atoms with Crippen LogP contribution in [0.2, 0.25) is 0 Å². The minimum atomic E-state index is -4.76. The molecule has 0 bridgehead atoms. The van der Waals surface area contributed by atoms with E-state index in [1.54, 1.807) is 0 Å². The fraction of sp³-hybridized carbons (Fsp3) is 0.250. The Balaban J connectivity index is 2.86. The van der Waals surface area contributed by atoms with Crippen LogP contribution in [0.25, 0.3) is 0 Å². The van der Waals surface area contributed by atoms with Crippen LogP contribution in [0.1, 0.15) is 0 Å². The fourth-order valence-corrected chi connectivity index (χ4v) is 3.11. The average Bonchev–Trinajstić information content (AvgIpc) is 2.17. The van der Waals surface area contributed by atoms with Gasteiger partial charge in [-0.3, -0.25) is 0 Å². The number of nitrogen functional groups attached to an aromatic ring is 1. The Morgan fingerprint density at radius 1 is 1.40 bits per heavy atom. The molecule has 0 radical (unpaired) electrons. The maximum absolute atomic E-state index is 11.6. The second-order valence-corrected chi connectivity index (χ2v) is 6.56. The van der Waals surface area contributed by atoms with Gasteiger partial charge in [-0.25, -0.2) is 0 Å². The summed E-state index contributed by atoms with van der Waals surface area (Å²) in [7, 11) is 0. The van der Waals surface area contributed by atoms with Crippen molar-refractivity contribution in [3.8, 4) is 0 Å². The molecule has 0 saturated carbocycles. The number of nitrogens with two attached hydrogens (primary N) is 1. The van der Waals surface area contributed by atoms with E-state index in [-0.39, 0.29) is 4.35 Å². The van der Waals surface area contributed by atoms with Crippen molar-refractivity contribution in [1.29, 1.82) is 0 Å². The van der Waals surface area contributed by atoms with E-state index in [4.69, 9.17) is 15.9 Å². The van der Waals surface area contributed by atoms with Crippen LogP contribution in [-0.4, -0.2) is 41.4 Å². The van der Waals surface area contributed by atoms with Crippen molar-refractivity contribution >= 4 is 24.2 Å². The number of rotatable bonds is 4. The number of anilines is 1. The molecule has 0 spiro atoms. The Morgan fingerprint density at radius 3 is 2.40 bits per heavy atom. The van der Waals surface area contributed by atoms with Crippen LogP contribution in [0.4, 0.5) is 5.69 Å². The molecule has 6 nitrogen and oxygen atoms in total. The molecule has 7 heteroatoms. The molecule has 84 valence electrons. The van der Waals surface area contributed by atoms with Crippen LogP contribution in [0.3, 0.4) is 0 Å². The number of aliphatic hydroxyl groups excluding tert-OH is 2. The molecule has 0 amide bonds. The summed E-state index contributed by atoms with van der Waals surface area (Å²) in [5.41, 5.74) is 5.86. The fourth-order valence-electron chi connectivity index (χ4n) is 0.922. The quantitative estimate of drug-likeness (QED) is 0.292. The van der Waals surface area contributed by atoms with E-state index in [1.807, 2.05) is 0 Å². The van der Waals surface area contributed by atoms with Gasteiger partial charge in [0.2, 0.25) is 0 Å². The standard InChI is InChI=1S/C8H12AsNO5/c10-7-3-1-6(2-4-7)9(13,14)15-8(12)5-11/h1-4,8,11-12H,5,10H2,(H,13,14). The van der Waals surface area contributed by atoms with Gasteiger partial charge in [0.05, 0.1) is 0 Å². The summed E-state index contributed by atoms with van der Waals surface area (Å²) >= 11 is -4.76. The average molecular weight is 277 g/mol. The first-order chi connectivity index (χ1) is 6.95. The van der Waals surface area contributed by atoms with Crippen LogP contribution >= 0.6 is 0 Å². The van der Waals surface area contributed by atoms with Gasteiger partial charge in [-0.1, -0.05) is 0 Å². The van der Waals surface area contributed by atoms with Gasteiger partial charge in [0.25, 0.3) is 0 Å². The molecule has 0 aromatic heterocycles. The molecule has 5 N–H and O–H groups in total. The third-order valence-corrected chi connectivity index (χ3v) is 4.74. The van der Waals surface area contributed by atoms with Gasteiger partial charge in [0.1, 0.15) is 0 Å². The Bertz CT molecular complexity index is 366. The summed E-state index contributed by atoms with van der Waals surface area (Å²) < 4.78 is 25.6. The third kappa shape index (κ3) is 3.37. The molecule has 0 aliphatic heterocycles. The van der Waals surface area contributed by atoms with Gasteiger partial charge in [-0.15, -0.1) is 0 Å². The number of hydrogen-bond acceptors (Lipinski definition) is 5. The van der Waals surface area contributed by atoms with Crippen molar-refractivity contribution in [3.05, 3.63) is 24.3 Å². The topological polar surface area (TPSA) is 113 Å². The summed E-state index contributed by atoms with van der Waals surface area (Å²) in [6.07, 6.45) is -1.66. The summed E-state index contributed by atoms with van der Waals surface area (Å²) in [6.45, 7) is -0.735. The van der Waals surface area contributed by atoms with Crippen LogP contribution in [-0.2, 0) is 7.47 Å². The van der Waals surface area contributed by atoms with Gasteiger partial charge < -0.3 is 0 Å². The Morgan fingerprint density at radius 2 is 1.93 bits per heavy atom. The molecular weight excluding hydrogens is 265 g/mol. The van der Waals surface area contributed by atoms with Crippen molar-refractivity contribution in [3.63, 3.8) is 0 Å². The maximum atomic E-state index is 11.6. The number of benzene rings is 1. The van der Waals surface area contributed by atoms with Crippen LogP contribution in [0, 0.1) is 0 Å². The monoisotopic (exact) mass is 277 g/mol. The minimum absolute atomic E-state index is 0.0647. The first kappa shape index (κ1) is 12.3. The summed E-state index contributed by atoms with van der Waals surface area (Å²) in [4.78, 5) is 0. The summed E-state index contributed by atoms with van der Waals surface area (Å²) in [5.74, 6) is 0. The Hall–Kier alpha value is -0.782. The first-order valence-corrected chi connectivity index (χ1v) is 7.43. The Labute approximate surface area is 89.3 Å². The molecule has 2 atom stereocenters. The molecule has 1 rings (SSSR count). The van der Waals surface area contributed by atoms with Gasteiger partial charge in [0, 0.05) is 0 Å². The van der Waals surface area contributed by atoms with E-state index in [1.165, 1.54) is 24.3 Å². The van der Waals surface area contributed by atoms with Crippen LogP contribution in [0.15, 0.2) is 24.3 Å². The first-order valence-electron chi connectivity index (χ1n) is 4.12. The second kappa shape index (κ2) is 4.83. The van der Waals surface area contributed by atoms with E-state index in [0.717, 1.165) is 0 Å². The summed E-state index contributed by atoms with van der Waals surface area (Å²) in [5, 5.41) is 17.4. The van der Waals surface area contributed by atoms with E-state index < -0.39 is 27.1 Å². The van der Waals surface area contributed by atoms with Crippen molar-refractivity contribution in [2.24, 2.45) is 0 Å². The van der Waals surface area contributed by atoms with Gasteiger partial charge >= 0.3 is 88.9 Å². The second-order valence-electron chi connectivity index (χ2n) is 2.85. The number of hydrogen-bond donors (Lipinski definition) is 4. The molecule has 1 aromatic rings. The SMILES string of the molecule is Nc1ccc([As](=O)(O)OC(O)CO)cc1. The molecule has 0 aliphatic carbocycles. The van der Waals surface area contributed by atoms with Crippen molar-refractivity contribution in [2.45, 2.75) is 6.29 Å². The molecule has 1 aromatic carbocycles. The molecule has 0 fully saturated rings. The van der Waals surface area contributed by atoms with Crippen molar-refractivity contribution in [1.82, 2.24) is 0 Å². The zero-order valence-corrected chi connectivity index (χ0v) is 9.65. The van der Waals surface area contributed by atoms with E-state index in [2.05, 4.69) is 3.73 Å². The predicted molar refractivity (Wildman–Crippen MR) is 53.3 cm³/mol. The van der Waals surface area contributed by atoms with Gasteiger partial charge in [-0.2, -0.15) is 0 Å². The number of aliphatic hydroxyl groups is 2. The molecular formula is C8H12AsNO5. The molecule has 0 heterocycles. The van der Waals surface area contributed by atoms with E-state index in [9.17, 15) is 7.84 Å². The van der Waals surface area contributed by atoms with E-state index in [0.29, 0.717) is 5.69 Å². The van der Waals surface area contributed by atoms with Crippen LogP contribution in [0.5, 0.6) is 0 Å². The molecule has 0 aliphatic rings. The zero-order valence-electron chi connectivity index (χ0n) is 7.78. The van der Waals surface area contributed by atoms with Gasteiger partial charge in [-0.05, 0) is 0 Å². The molecule has 2 unspecified atom stereocenters. The zero-order chi connectivity index (χ0) is 11.5. The normalized spacial score (nSPS) is 17.0. The Kier molecular flexibility index (Phi) is 3.95. The summed E-state index contributed by atoms with van der Waals surface area (Å²) in [6, 6.07) is 5.60. The predicted octanol–water partition coefficient (Wildman–Crippen LogP) is -1.84. The molecule has 15 heavy (non-hydrogen) atoms. The van der Waals surface area contributed by atoms with Crippen molar-refractivity contribution in [2.75, 3.05) is 12.3 Å². The van der Waals surface area contributed by atoms with Crippen molar-refractivity contribution < 1.29 is 21.8 Å². The van der Waals surface area contributed by atoms with Crippen LogP contribution < -0.4 is 10.1 Å². The van der Waals surface area contributed by atoms with Gasteiger partial charge in [0.15, 0.2) is 0 Å².